The Morgan fingerprint density at radius 1 is 0.504 bits per heavy atom. The van der Waals surface area contributed by atoms with Crippen molar-refractivity contribution in [2.45, 2.75) is 230 Å². The number of nitrogens with one attached hydrogen (secondary N) is 5. The van der Waals surface area contributed by atoms with E-state index in [1.165, 1.54) is 9.80 Å². The van der Waals surface area contributed by atoms with Crippen LogP contribution in [0, 0.1) is 63.5 Å². The monoisotopic (exact) mass is 1960 g/mol. The number of likely N-dealkylation sites (N-methyl/N-ethyl adjacent to an activating group) is 1. The fourth-order valence-corrected chi connectivity index (χ4v) is 20.2. The van der Waals surface area contributed by atoms with Gasteiger partial charge in [-0.25, -0.2) is 19.7 Å². The first-order valence-electron chi connectivity index (χ1n) is 47.5. The molecule has 0 unspecified atom stereocenters. The average molecular weight is 1970 g/mol. The van der Waals surface area contributed by atoms with Crippen LogP contribution in [-0.2, 0) is 88.1 Å². The molecule has 29 nitrogen and oxygen atoms in total. The zero-order valence-electron chi connectivity index (χ0n) is 82.9. The Labute approximate surface area is 836 Å². The van der Waals surface area contributed by atoms with Gasteiger partial charge in [-0.1, -0.05) is 140 Å². The van der Waals surface area contributed by atoms with E-state index in [0.717, 1.165) is 96.3 Å². The van der Waals surface area contributed by atoms with E-state index in [1.54, 1.807) is 68.7 Å². The van der Waals surface area contributed by atoms with Gasteiger partial charge in [0.05, 0.1) is 65.1 Å². The van der Waals surface area contributed by atoms with Crippen molar-refractivity contribution in [3.63, 3.8) is 0 Å². The first-order valence-corrected chi connectivity index (χ1v) is 50.1. The van der Waals surface area contributed by atoms with Crippen molar-refractivity contribution >= 4 is 151 Å². The Bertz CT molecular complexity index is 5840. The Morgan fingerprint density at radius 2 is 0.899 bits per heavy atom. The molecule has 4 saturated heterocycles. The second kappa shape index (κ2) is 48.2. The van der Waals surface area contributed by atoms with Crippen LogP contribution >= 0.6 is 47.1 Å². The number of carbonyl (C=O) groups excluding carboxylic acids is 10. The number of nitrogens with zero attached hydrogens (tertiary/aromatic N) is 11. The molecule has 6 aromatic carbocycles. The number of aromatic nitrogens is 2. The molecule has 8 aromatic rings. The normalized spacial score (nSPS) is 17.1. The van der Waals surface area contributed by atoms with E-state index >= 15 is 0 Å². The number of hydrogen-bond acceptors (Lipinski definition) is 19. The molecule has 0 radical (unpaired) electrons. The van der Waals surface area contributed by atoms with Gasteiger partial charge in [-0.15, -0.1) is 22.7 Å². The Morgan fingerprint density at radius 3 is 1.29 bits per heavy atom. The molecule has 4 aliphatic rings. The van der Waals surface area contributed by atoms with Crippen molar-refractivity contribution in [1.29, 1.82) is 0 Å². The third-order valence-corrected chi connectivity index (χ3v) is 28.3. The molecule has 4 fully saturated rings. The fraction of sp³-hybridized carbons (Fsp3) is 0.472. The van der Waals surface area contributed by atoms with Gasteiger partial charge in [0, 0.05) is 88.5 Å². The third kappa shape index (κ3) is 27.6. The first kappa shape index (κ1) is 107. The van der Waals surface area contributed by atoms with Crippen LogP contribution in [0.1, 0.15) is 186 Å². The van der Waals surface area contributed by atoms with E-state index in [0.29, 0.717) is 137 Å². The number of thiazole rings is 2. The molecule has 5 N–H and O–H groups in total. The number of benzene rings is 6. The second-order valence-electron chi connectivity index (χ2n) is 39.6. The largest absolute Gasteiger partial charge is 0.377 e. The number of ether oxygens (including phenoxy) is 3. The number of anilines is 4. The lowest BCUT2D eigenvalue weighted by Crippen LogP contribution is -2.58. The molecule has 738 valence electrons. The second-order valence-corrected chi connectivity index (χ2v) is 42.0. The van der Waals surface area contributed by atoms with Gasteiger partial charge in [-0.05, 0) is 253 Å². The lowest BCUT2D eigenvalue weighted by molar-refractivity contribution is -0.144. The Hall–Kier alpha value is -12.1. The molecule has 4 aliphatic heterocycles. The molecule has 0 bridgehead atoms. The van der Waals surface area contributed by atoms with Crippen LogP contribution < -0.4 is 46.2 Å². The van der Waals surface area contributed by atoms with Crippen molar-refractivity contribution in [3.8, 4) is 20.9 Å². The average Bonchev–Trinajstić information content (AvgIpc) is 1.59. The summed E-state index contributed by atoms with van der Waals surface area (Å²) in [7, 11) is 1.74. The Balaban J connectivity index is 0.000000266. The summed E-state index contributed by atoms with van der Waals surface area (Å²) in [5.41, 5.74) is 14.2. The highest BCUT2D eigenvalue weighted by atomic mass is 32.1. The number of unbranched alkanes of at least 4 members (excludes halogenated alkanes) is 2. The number of likely N-dealkylation sites (tertiary alicyclic amines) is 2. The smallest absolute Gasteiger partial charge is 0.259 e. The van der Waals surface area contributed by atoms with Crippen molar-refractivity contribution in [1.82, 2.24) is 51.3 Å². The molecule has 2 aromatic heterocycles. The maximum absolute atomic E-state index is 14.1. The van der Waals surface area contributed by atoms with Gasteiger partial charge in [0.25, 0.3) is 11.8 Å². The van der Waals surface area contributed by atoms with Gasteiger partial charge in [0.2, 0.25) is 47.3 Å². The molecule has 33 heteroatoms. The lowest BCUT2D eigenvalue weighted by atomic mass is 9.85. The molecule has 0 aliphatic carbocycles. The summed E-state index contributed by atoms with van der Waals surface area (Å²) < 4.78 is 17.0. The number of rotatable bonds is 40. The summed E-state index contributed by atoms with van der Waals surface area (Å²) in [6.07, 6.45) is 6.85. The summed E-state index contributed by atoms with van der Waals surface area (Å²) >= 11 is 14.8. The van der Waals surface area contributed by atoms with Crippen molar-refractivity contribution in [2.24, 2.45) is 22.7 Å². The Kier molecular flexibility index (Phi) is 37.2. The number of thiocarbonyl (C=S) groups is 2. The minimum atomic E-state index is -0.923. The minimum Gasteiger partial charge on any atom is -0.377 e. The molecule has 10 amide bonds. The zero-order valence-corrected chi connectivity index (χ0v) is 86.2. The summed E-state index contributed by atoms with van der Waals surface area (Å²) in [6.45, 7) is 48.1. The fourth-order valence-electron chi connectivity index (χ4n) is 17.6. The highest BCUT2D eigenvalue weighted by Crippen LogP contribution is 2.42. The topological polar surface area (TPSA) is 316 Å². The van der Waals surface area contributed by atoms with Crippen LogP contribution in [0.25, 0.3) is 30.6 Å². The van der Waals surface area contributed by atoms with E-state index in [1.807, 2.05) is 241 Å². The molecule has 6 atom stereocenters. The number of hydrogen-bond donors (Lipinski definition) is 5. The van der Waals surface area contributed by atoms with Crippen LogP contribution in [0.2, 0.25) is 0 Å². The van der Waals surface area contributed by atoms with Gasteiger partial charge in [-0.3, -0.25) is 57.7 Å². The molecule has 12 rings (SSSR count). The van der Waals surface area contributed by atoms with Gasteiger partial charge in [0.15, 0.2) is 21.6 Å². The highest BCUT2D eigenvalue weighted by Gasteiger charge is 2.53. The quantitative estimate of drug-likeness (QED) is 0.0135. The predicted octanol–water partition coefficient (Wildman–Crippen LogP) is 16.4. The maximum Gasteiger partial charge on any atom is 0.259 e. The molecule has 6 heterocycles. The summed E-state index contributed by atoms with van der Waals surface area (Å²) in [5, 5.41) is 15.6. The van der Waals surface area contributed by atoms with E-state index < -0.39 is 57.9 Å². The summed E-state index contributed by atoms with van der Waals surface area (Å²) in [5.74, 6) is -1.92. The zero-order chi connectivity index (χ0) is 101. The maximum atomic E-state index is 14.1. The highest BCUT2D eigenvalue weighted by molar-refractivity contribution is 7.81. The minimum absolute atomic E-state index is 0.00183. The summed E-state index contributed by atoms with van der Waals surface area (Å²) in [4.78, 5) is 164. The van der Waals surface area contributed by atoms with Crippen LogP contribution in [0.15, 0.2) is 144 Å². The predicted molar refractivity (Wildman–Crippen MR) is 553 cm³/mol. The van der Waals surface area contributed by atoms with E-state index in [9.17, 15) is 47.9 Å². The molecule has 0 spiro atoms. The molecule has 0 saturated carbocycles. The number of aryl methyl sites for hydroxylation is 6. The first-order chi connectivity index (χ1) is 66.0. The van der Waals surface area contributed by atoms with E-state index in [-0.39, 0.29) is 85.5 Å². The molecule has 139 heavy (non-hydrogen) atoms. The lowest BCUT2D eigenvalue weighted by Gasteiger charge is -2.35. The van der Waals surface area contributed by atoms with Crippen LogP contribution in [0.3, 0.4) is 0 Å². The molecular formula is C106H132N16O13S4. The van der Waals surface area contributed by atoms with Gasteiger partial charge in [0.1, 0.15) is 48.5 Å². The van der Waals surface area contributed by atoms with Gasteiger partial charge in [-0.2, -0.15) is 0 Å². The van der Waals surface area contributed by atoms with Gasteiger partial charge < -0.3 is 65.3 Å². The van der Waals surface area contributed by atoms with Crippen molar-refractivity contribution < 1.29 is 62.2 Å². The van der Waals surface area contributed by atoms with Gasteiger partial charge >= 0.3 is 0 Å². The van der Waals surface area contributed by atoms with Crippen LogP contribution in [-0.4, -0.2) is 202 Å². The standard InChI is InChI=1S/C53H66N8O7S2.C53H66N8O6S2/c1-34-28-43(48(64)55-30-38-14-18-39(19-15-38)46-36(3)56-33-70-46)59(31-34)49(65)47(52(4,5)6)57-44(62)32-68-27-26-67-25-24-58(10)45(63)13-11-12-37-16-20-40(21-17-37)61-51(69)60(50(66)53(61,7)8)41-22-23-42(54-9)35(2)29-41;1-34-28-43(48(64)56-30-38-16-20-39(21-17-38)46-36(3)57-33-69-46)59(31-34)49(65)47(52(4,5)6)58-45(63)32-67-27-12-10-11-26-55-44(62)15-13-14-37-18-22-40(23-19-37)61-51(68)60(50(66)53(61,7)8)41-24-25-42(54-9)35(2)29-41/h14-23,29,33-34,43,47H,11-13,24-28,30-32H2,1-8,10H3,(H,55,64)(H,57,62);16-25,29,33-34,43,47H,10-15,26-28,30-32H2,1-8H3,(H,55,62)(H,56,64)(H,58,63)/t2*34-,43+,47-/m11/s1. The summed E-state index contributed by atoms with van der Waals surface area (Å²) in [6, 6.07) is 39.4. The van der Waals surface area contributed by atoms with Crippen LogP contribution in [0.4, 0.5) is 34.1 Å². The molecular weight excluding hydrogens is 1830 g/mol. The number of amides is 10. The van der Waals surface area contributed by atoms with E-state index in [2.05, 4.69) is 46.2 Å². The third-order valence-electron chi connectivity index (χ3n) is 25.6. The van der Waals surface area contributed by atoms with Crippen molar-refractivity contribution in [2.75, 3.05) is 92.5 Å². The SMILES string of the molecule is [C-]#[N+]c1ccc(N2C(=O)C(C)(C)N(c3ccc(CCCC(=O)N(C)CCOCCOCC(=O)N[C@H](C(=O)N4C[C@H](C)C[C@H]4C(=O)NCc4ccc(-c5scnc5C)cc4)C(C)(C)C)cc3)C2=S)cc1C.[C-]#[N+]c1ccc(N2C(=O)C(C)(C)N(c3ccc(CCCC(=O)NCCCCCOCC(=O)N[C@H](C(=O)N4C[C@H](C)C[C@H]4C(=O)NCc4ccc(-c5scnc5C)cc4)C(C)(C)C)cc3)C2=S)cc1C. The van der Waals surface area contributed by atoms with Crippen molar-refractivity contribution in [3.05, 3.63) is 212 Å². The number of carbonyl (C=O) groups is 10. The van der Waals surface area contributed by atoms with Crippen LogP contribution in [0.5, 0.6) is 0 Å². The van der Waals surface area contributed by atoms with E-state index in [4.69, 9.17) is 51.8 Å².